The molecule has 0 spiro atoms. The number of ether oxygens (including phenoxy) is 6. The molecule has 1 aromatic rings. The average molecular weight is 504 g/mol. The van der Waals surface area contributed by atoms with Crippen LogP contribution in [-0.4, -0.2) is 72.8 Å². The zero-order valence-corrected chi connectivity index (χ0v) is 19.9. The third kappa shape index (κ3) is 6.13. The second-order valence-corrected chi connectivity index (χ2v) is 7.93. The SMILES string of the molecule is CC(=O)OC[C@@H]1O[C@@H](OC2=CC(=O)c3ccccc3C2=O)[C@@H](OC(C)=O)[C@@H](OC(C)=O)[C@@H]1OC(C)=O. The summed E-state index contributed by atoms with van der Waals surface area (Å²) in [6.07, 6.45) is -6.32. The van der Waals surface area contributed by atoms with E-state index >= 15 is 0 Å². The molecule has 0 amide bonds. The Bertz CT molecular complexity index is 1120. The van der Waals surface area contributed by atoms with E-state index in [0.29, 0.717) is 0 Å². The van der Waals surface area contributed by atoms with Gasteiger partial charge in [-0.15, -0.1) is 0 Å². The van der Waals surface area contributed by atoms with E-state index in [-0.39, 0.29) is 11.1 Å². The van der Waals surface area contributed by atoms with Gasteiger partial charge < -0.3 is 28.4 Å². The number of hydrogen-bond acceptors (Lipinski definition) is 12. The van der Waals surface area contributed by atoms with Crippen molar-refractivity contribution in [1.82, 2.24) is 0 Å². The summed E-state index contributed by atoms with van der Waals surface area (Å²) < 4.78 is 32.4. The van der Waals surface area contributed by atoms with Gasteiger partial charge >= 0.3 is 23.9 Å². The van der Waals surface area contributed by atoms with Gasteiger partial charge in [0.25, 0.3) is 0 Å². The second kappa shape index (κ2) is 11.1. The first-order valence-electron chi connectivity index (χ1n) is 10.8. The molecule has 192 valence electrons. The highest BCUT2D eigenvalue weighted by molar-refractivity contribution is 6.23. The summed E-state index contributed by atoms with van der Waals surface area (Å²) in [6.45, 7) is 3.90. The predicted octanol–water partition coefficient (Wildman–Crippen LogP) is 1.05. The Morgan fingerprint density at radius 1 is 0.778 bits per heavy atom. The summed E-state index contributed by atoms with van der Waals surface area (Å²) in [7, 11) is 0. The highest BCUT2D eigenvalue weighted by Crippen LogP contribution is 2.32. The molecular formula is C24H24O12. The van der Waals surface area contributed by atoms with Crippen LogP contribution in [0.15, 0.2) is 36.1 Å². The van der Waals surface area contributed by atoms with E-state index in [1.807, 2.05) is 0 Å². The van der Waals surface area contributed by atoms with Gasteiger partial charge in [-0.2, -0.15) is 0 Å². The minimum absolute atomic E-state index is 0.0886. The molecule has 5 atom stereocenters. The predicted molar refractivity (Wildman–Crippen MR) is 116 cm³/mol. The molecule has 0 bridgehead atoms. The molecule has 0 aromatic heterocycles. The van der Waals surface area contributed by atoms with Gasteiger partial charge in [0.05, 0.1) is 0 Å². The lowest BCUT2D eigenvalue weighted by Crippen LogP contribution is -2.63. The highest BCUT2D eigenvalue weighted by Gasteiger charge is 2.54. The van der Waals surface area contributed by atoms with Crippen LogP contribution in [0.3, 0.4) is 0 Å². The number of Topliss-reactive ketones (excluding diaryl/α,β-unsaturated/α-hetero) is 1. The Morgan fingerprint density at radius 3 is 1.92 bits per heavy atom. The fraction of sp³-hybridized carbons (Fsp3) is 0.417. The minimum Gasteiger partial charge on any atom is -0.463 e. The summed E-state index contributed by atoms with van der Waals surface area (Å²) in [4.78, 5) is 72.6. The average Bonchev–Trinajstić information content (AvgIpc) is 2.79. The van der Waals surface area contributed by atoms with Gasteiger partial charge in [0.1, 0.15) is 12.7 Å². The number of rotatable bonds is 7. The number of carbonyl (C=O) groups excluding carboxylic acids is 6. The van der Waals surface area contributed by atoms with Crippen LogP contribution in [0.2, 0.25) is 0 Å². The van der Waals surface area contributed by atoms with Crippen LogP contribution in [0.5, 0.6) is 0 Å². The first-order chi connectivity index (χ1) is 17.0. The summed E-state index contributed by atoms with van der Waals surface area (Å²) in [5.74, 6) is -4.69. The third-order valence-corrected chi connectivity index (χ3v) is 5.11. The topological polar surface area (TPSA) is 158 Å². The number of hydrogen-bond donors (Lipinski definition) is 0. The molecule has 36 heavy (non-hydrogen) atoms. The Morgan fingerprint density at radius 2 is 1.33 bits per heavy atom. The molecule has 1 fully saturated rings. The van der Waals surface area contributed by atoms with Crippen LogP contribution >= 0.6 is 0 Å². The van der Waals surface area contributed by atoms with E-state index in [1.54, 1.807) is 12.1 Å². The van der Waals surface area contributed by atoms with Crippen molar-refractivity contribution in [2.24, 2.45) is 0 Å². The van der Waals surface area contributed by atoms with Crippen LogP contribution < -0.4 is 0 Å². The smallest absolute Gasteiger partial charge is 0.303 e. The number of carbonyl (C=O) groups is 6. The van der Waals surface area contributed by atoms with Crippen molar-refractivity contribution in [2.45, 2.75) is 58.4 Å². The zero-order valence-electron chi connectivity index (χ0n) is 19.9. The van der Waals surface area contributed by atoms with Gasteiger partial charge in [-0.1, -0.05) is 24.3 Å². The Labute approximate surface area is 205 Å². The van der Waals surface area contributed by atoms with E-state index in [4.69, 9.17) is 28.4 Å². The molecule has 1 aliphatic carbocycles. The monoisotopic (exact) mass is 504 g/mol. The quantitative estimate of drug-likeness (QED) is 0.384. The Balaban J connectivity index is 2.01. The summed E-state index contributed by atoms with van der Waals surface area (Å²) in [5.41, 5.74) is 0.266. The van der Waals surface area contributed by atoms with E-state index in [0.717, 1.165) is 33.8 Å². The fourth-order valence-electron chi connectivity index (χ4n) is 3.79. The molecule has 0 unspecified atom stereocenters. The van der Waals surface area contributed by atoms with E-state index < -0.39 is 78.5 Å². The van der Waals surface area contributed by atoms with Crippen LogP contribution in [-0.2, 0) is 47.6 Å². The minimum atomic E-state index is -1.63. The first-order valence-corrected chi connectivity index (χ1v) is 10.8. The molecular weight excluding hydrogens is 480 g/mol. The third-order valence-electron chi connectivity index (χ3n) is 5.11. The zero-order chi connectivity index (χ0) is 26.6. The van der Waals surface area contributed by atoms with Gasteiger partial charge in [-0.25, -0.2) is 0 Å². The molecule has 0 radical (unpaired) electrons. The molecule has 1 aliphatic heterocycles. The fourth-order valence-corrected chi connectivity index (χ4v) is 3.79. The van der Waals surface area contributed by atoms with Crippen molar-refractivity contribution < 1.29 is 57.2 Å². The molecule has 0 saturated carbocycles. The largest absolute Gasteiger partial charge is 0.463 e. The summed E-state index contributed by atoms with van der Waals surface area (Å²) in [6, 6.07) is 6.10. The summed E-state index contributed by atoms with van der Waals surface area (Å²) >= 11 is 0. The van der Waals surface area contributed by atoms with E-state index in [2.05, 4.69) is 0 Å². The van der Waals surface area contributed by atoms with Gasteiger partial charge in [-0.3, -0.25) is 28.8 Å². The lowest BCUT2D eigenvalue weighted by atomic mass is 9.93. The van der Waals surface area contributed by atoms with Crippen LogP contribution in [0.25, 0.3) is 0 Å². The van der Waals surface area contributed by atoms with E-state index in [9.17, 15) is 28.8 Å². The number of allylic oxidation sites excluding steroid dienone is 2. The van der Waals surface area contributed by atoms with E-state index in [1.165, 1.54) is 12.1 Å². The maximum absolute atomic E-state index is 13.0. The van der Waals surface area contributed by atoms with Crippen LogP contribution in [0.4, 0.5) is 0 Å². The van der Waals surface area contributed by atoms with Gasteiger partial charge in [0.15, 0.2) is 23.8 Å². The molecule has 12 nitrogen and oxygen atoms in total. The standard InChI is InChI=1S/C24H24O12/c1-11(25)31-10-19-21(32-12(2)26)22(33-13(3)27)23(34-14(4)28)24(36-19)35-18-9-17(29)15-7-5-6-8-16(15)20(18)30/h5-9,19,21-24H,10H2,1-4H3/t19-,21+,22-,23-,24+/m0/s1. The number of ketones is 2. The molecule has 0 N–H and O–H groups in total. The number of fused-ring (bicyclic) bond motifs is 1. The maximum Gasteiger partial charge on any atom is 0.303 e. The lowest BCUT2D eigenvalue weighted by Gasteiger charge is -2.44. The molecule has 12 heteroatoms. The lowest BCUT2D eigenvalue weighted by molar-refractivity contribution is -0.298. The van der Waals surface area contributed by atoms with Crippen molar-refractivity contribution in [3.8, 4) is 0 Å². The molecule has 2 aliphatic rings. The number of esters is 4. The van der Waals surface area contributed by atoms with Crippen LogP contribution in [0.1, 0.15) is 48.4 Å². The Kier molecular flexibility index (Phi) is 8.20. The summed E-state index contributed by atoms with van der Waals surface area (Å²) in [5, 5.41) is 0. The van der Waals surface area contributed by atoms with Gasteiger partial charge in [-0.05, 0) is 0 Å². The first kappa shape index (κ1) is 26.5. The molecule has 1 heterocycles. The van der Waals surface area contributed by atoms with Crippen molar-refractivity contribution in [3.63, 3.8) is 0 Å². The van der Waals surface area contributed by atoms with Gasteiger partial charge in [0, 0.05) is 44.9 Å². The highest BCUT2D eigenvalue weighted by atomic mass is 16.7. The van der Waals surface area contributed by atoms with Crippen molar-refractivity contribution in [1.29, 1.82) is 0 Å². The van der Waals surface area contributed by atoms with Crippen LogP contribution in [0, 0.1) is 0 Å². The second-order valence-electron chi connectivity index (χ2n) is 7.93. The number of benzene rings is 1. The van der Waals surface area contributed by atoms with Gasteiger partial charge in [0.2, 0.25) is 18.2 Å². The normalized spacial score (nSPS) is 25.1. The Hall–Kier alpha value is -4.06. The molecule has 1 saturated heterocycles. The van der Waals surface area contributed by atoms with Crippen molar-refractivity contribution in [2.75, 3.05) is 6.61 Å². The van der Waals surface area contributed by atoms with Crippen molar-refractivity contribution in [3.05, 3.63) is 47.2 Å². The molecule has 1 aromatic carbocycles. The van der Waals surface area contributed by atoms with Crippen molar-refractivity contribution >= 4 is 35.4 Å². The molecule has 3 rings (SSSR count). The maximum atomic E-state index is 13.0.